The van der Waals surface area contributed by atoms with E-state index in [0.29, 0.717) is 0 Å². The van der Waals surface area contributed by atoms with E-state index in [1.165, 1.54) is 19.3 Å². The van der Waals surface area contributed by atoms with E-state index in [2.05, 4.69) is 44.6 Å². The molecule has 0 aromatic carbocycles. The lowest BCUT2D eigenvalue weighted by Gasteiger charge is -2.32. The zero-order chi connectivity index (χ0) is 12.3. The molecule has 0 aliphatic carbocycles. The van der Waals surface area contributed by atoms with Crippen molar-refractivity contribution in [2.75, 3.05) is 18.0 Å². The van der Waals surface area contributed by atoms with Crippen LogP contribution in [0.1, 0.15) is 33.1 Å². The highest BCUT2D eigenvalue weighted by Crippen LogP contribution is 2.25. The van der Waals surface area contributed by atoms with Gasteiger partial charge in [-0.1, -0.05) is 13.8 Å². The van der Waals surface area contributed by atoms with E-state index in [-0.39, 0.29) is 0 Å². The molecule has 0 amide bonds. The van der Waals surface area contributed by atoms with Crippen molar-refractivity contribution in [2.45, 2.75) is 33.1 Å². The van der Waals surface area contributed by atoms with Gasteiger partial charge in [-0.25, -0.2) is 9.97 Å². The average molecular weight is 298 g/mol. The molecule has 1 aliphatic heterocycles. The Morgan fingerprint density at radius 2 is 1.88 bits per heavy atom. The fraction of sp³-hybridized carbons (Fsp3) is 0.692. The number of nitrogens with zero attached hydrogens (tertiary/aromatic N) is 3. The Kier molecular flexibility index (Phi) is 4.37. The maximum atomic E-state index is 4.36. The van der Waals surface area contributed by atoms with Gasteiger partial charge >= 0.3 is 0 Å². The summed E-state index contributed by atoms with van der Waals surface area (Å²) in [7, 11) is 0. The fourth-order valence-corrected chi connectivity index (χ4v) is 2.71. The van der Waals surface area contributed by atoms with Gasteiger partial charge < -0.3 is 4.90 Å². The smallest absolute Gasteiger partial charge is 0.225 e. The lowest BCUT2D eigenvalue weighted by atomic mass is 9.89. The first-order valence-electron chi connectivity index (χ1n) is 6.37. The summed E-state index contributed by atoms with van der Waals surface area (Å²) in [4.78, 5) is 11.0. The standard InChI is InChI=1S/C13H20BrN3/c1-10(2)7-11-3-5-17(6-4-11)13-15-8-12(14)9-16-13/h8-11H,3-7H2,1-2H3. The van der Waals surface area contributed by atoms with E-state index in [1.807, 2.05) is 12.4 Å². The van der Waals surface area contributed by atoms with Gasteiger partial charge in [-0.05, 0) is 47.0 Å². The van der Waals surface area contributed by atoms with E-state index in [1.54, 1.807) is 0 Å². The SMILES string of the molecule is CC(C)CC1CCN(c2ncc(Br)cn2)CC1. The molecule has 1 aromatic rings. The van der Waals surface area contributed by atoms with Gasteiger partial charge in [-0.2, -0.15) is 0 Å². The van der Waals surface area contributed by atoms with Crippen molar-refractivity contribution in [3.63, 3.8) is 0 Å². The molecule has 0 atom stereocenters. The molecule has 1 fully saturated rings. The van der Waals surface area contributed by atoms with Crippen LogP contribution in [-0.2, 0) is 0 Å². The summed E-state index contributed by atoms with van der Waals surface area (Å²) >= 11 is 3.36. The van der Waals surface area contributed by atoms with Crippen LogP contribution in [0.15, 0.2) is 16.9 Å². The number of aromatic nitrogens is 2. The highest BCUT2D eigenvalue weighted by molar-refractivity contribution is 9.10. The number of anilines is 1. The van der Waals surface area contributed by atoms with Crippen LogP contribution in [0.4, 0.5) is 5.95 Å². The van der Waals surface area contributed by atoms with Gasteiger partial charge in [-0.3, -0.25) is 0 Å². The summed E-state index contributed by atoms with van der Waals surface area (Å²) in [5.74, 6) is 2.58. The molecule has 1 aliphatic rings. The second-order valence-corrected chi connectivity index (χ2v) is 6.18. The van der Waals surface area contributed by atoms with E-state index in [9.17, 15) is 0 Å². The molecular formula is C13H20BrN3. The molecule has 4 heteroatoms. The van der Waals surface area contributed by atoms with Crippen molar-refractivity contribution < 1.29 is 0 Å². The molecule has 2 heterocycles. The van der Waals surface area contributed by atoms with Crippen molar-refractivity contribution in [2.24, 2.45) is 11.8 Å². The summed E-state index contributed by atoms with van der Waals surface area (Å²) in [6.45, 7) is 6.81. The molecule has 0 N–H and O–H groups in total. The monoisotopic (exact) mass is 297 g/mol. The first-order valence-corrected chi connectivity index (χ1v) is 7.17. The zero-order valence-electron chi connectivity index (χ0n) is 10.6. The van der Waals surface area contributed by atoms with Crippen molar-refractivity contribution >= 4 is 21.9 Å². The van der Waals surface area contributed by atoms with Crippen molar-refractivity contribution in [1.29, 1.82) is 0 Å². The average Bonchev–Trinajstić information content (AvgIpc) is 2.30. The van der Waals surface area contributed by atoms with E-state index in [0.717, 1.165) is 35.3 Å². The Bertz CT molecular complexity index is 342. The molecular weight excluding hydrogens is 278 g/mol. The van der Waals surface area contributed by atoms with Crippen LogP contribution in [0.25, 0.3) is 0 Å². The Labute approximate surface area is 112 Å². The minimum Gasteiger partial charge on any atom is -0.341 e. The zero-order valence-corrected chi connectivity index (χ0v) is 12.2. The second-order valence-electron chi connectivity index (χ2n) is 5.26. The third-order valence-corrected chi connectivity index (χ3v) is 3.72. The lowest BCUT2D eigenvalue weighted by molar-refractivity contribution is 0.336. The quantitative estimate of drug-likeness (QED) is 0.855. The fourth-order valence-electron chi connectivity index (χ4n) is 2.50. The predicted octanol–water partition coefficient (Wildman–Crippen LogP) is 3.50. The van der Waals surface area contributed by atoms with Gasteiger partial charge in [0.2, 0.25) is 5.95 Å². The third-order valence-electron chi connectivity index (χ3n) is 3.31. The second kappa shape index (κ2) is 5.80. The van der Waals surface area contributed by atoms with Crippen LogP contribution in [0.5, 0.6) is 0 Å². The van der Waals surface area contributed by atoms with Crippen molar-refractivity contribution in [1.82, 2.24) is 9.97 Å². The normalized spacial score (nSPS) is 17.8. The number of hydrogen-bond donors (Lipinski definition) is 0. The summed E-state index contributed by atoms with van der Waals surface area (Å²) in [5.41, 5.74) is 0. The van der Waals surface area contributed by atoms with Gasteiger partial charge in [0.25, 0.3) is 0 Å². The van der Waals surface area contributed by atoms with Crippen LogP contribution in [0.3, 0.4) is 0 Å². The predicted molar refractivity (Wildman–Crippen MR) is 74.1 cm³/mol. The molecule has 0 radical (unpaired) electrons. The van der Waals surface area contributed by atoms with Crippen LogP contribution in [0, 0.1) is 11.8 Å². The molecule has 0 spiro atoms. The summed E-state index contributed by atoms with van der Waals surface area (Å²) < 4.78 is 0.941. The largest absolute Gasteiger partial charge is 0.341 e. The topological polar surface area (TPSA) is 29.0 Å². The summed E-state index contributed by atoms with van der Waals surface area (Å²) in [6, 6.07) is 0. The highest BCUT2D eigenvalue weighted by atomic mass is 79.9. The van der Waals surface area contributed by atoms with Gasteiger partial charge in [0.1, 0.15) is 0 Å². The molecule has 17 heavy (non-hydrogen) atoms. The number of hydrogen-bond acceptors (Lipinski definition) is 3. The molecule has 0 saturated carbocycles. The first kappa shape index (κ1) is 12.8. The maximum Gasteiger partial charge on any atom is 0.225 e. The Morgan fingerprint density at radius 3 is 2.41 bits per heavy atom. The molecule has 1 saturated heterocycles. The number of halogens is 1. The Balaban J connectivity index is 1.88. The van der Waals surface area contributed by atoms with Gasteiger partial charge in [0, 0.05) is 25.5 Å². The van der Waals surface area contributed by atoms with E-state index < -0.39 is 0 Å². The lowest BCUT2D eigenvalue weighted by Crippen LogP contribution is -2.35. The molecule has 94 valence electrons. The highest BCUT2D eigenvalue weighted by Gasteiger charge is 2.21. The number of piperidine rings is 1. The minimum absolute atomic E-state index is 0.815. The Hall–Kier alpha value is -0.640. The number of rotatable bonds is 3. The summed E-state index contributed by atoms with van der Waals surface area (Å²) in [6.07, 6.45) is 7.55. The van der Waals surface area contributed by atoms with E-state index >= 15 is 0 Å². The van der Waals surface area contributed by atoms with Crippen LogP contribution < -0.4 is 4.90 Å². The molecule has 3 nitrogen and oxygen atoms in total. The third kappa shape index (κ3) is 3.66. The van der Waals surface area contributed by atoms with Crippen LogP contribution >= 0.6 is 15.9 Å². The Morgan fingerprint density at radius 1 is 1.29 bits per heavy atom. The minimum atomic E-state index is 0.815. The van der Waals surface area contributed by atoms with Crippen LogP contribution in [-0.4, -0.2) is 23.1 Å². The molecule has 0 unspecified atom stereocenters. The van der Waals surface area contributed by atoms with E-state index in [4.69, 9.17) is 0 Å². The van der Waals surface area contributed by atoms with Gasteiger partial charge in [-0.15, -0.1) is 0 Å². The first-order chi connectivity index (χ1) is 8.15. The van der Waals surface area contributed by atoms with Crippen molar-refractivity contribution in [3.05, 3.63) is 16.9 Å². The van der Waals surface area contributed by atoms with Gasteiger partial charge in [0.05, 0.1) is 4.47 Å². The summed E-state index contributed by atoms with van der Waals surface area (Å²) in [5, 5.41) is 0. The van der Waals surface area contributed by atoms with Crippen LogP contribution in [0.2, 0.25) is 0 Å². The molecule has 1 aromatic heterocycles. The van der Waals surface area contributed by atoms with Gasteiger partial charge in [0.15, 0.2) is 0 Å². The maximum absolute atomic E-state index is 4.36. The molecule has 0 bridgehead atoms. The van der Waals surface area contributed by atoms with Crippen molar-refractivity contribution in [3.8, 4) is 0 Å². The molecule has 2 rings (SSSR count).